The summed E-state index contributed by atoms with van der Waals surface area (Å²) in [6.45, 7) is 0. The van der Waals surface area contributed by atoms with Gasteiger partial charge in [0, 0.05) is 17.1 Å². The highest BCUT2D eigenvalue weighted by Crippen LogP contribution is 2.51. The summed E-state index contributed by atoms with van der Waals surface area (Å²) in [5.41, 5.74) is 7.41. The van der Waals surface area contributed by atoms with E-state index in [9.17, 15) is 0 Å². The third kappa shape index (κ3) is 2.86. The van der Waals surface area contributed by atoms with Crippen LogP contribution in [0, 0.1) is 17.8 Å². The lowest BCUT2D eigenvalue weighted by molar-refractivity contribution is 0.295. The zero-order chi connectivity index (χ0) is 15.0. The molecule has 1 aromatic carbocycles. The average Bonchev–Trinajstić information content (AvgIpc) is 3.09. The molecule has 4 atom stereocenters. The van der Waals surface area contributed by atoms with E-state index in [1.54, 1.807) is 20.3 Å². The van der Waals surface area contributed by atoms with Gasteiger partial charge in [-0.05, 0) is 55.1 Å². The summed E-state index contributed by atoms with van der Waals surface area (Å²) in [6, 6.07) is 3.71. The van der Waals surface area contributed by atoms with Crippen molar-refractivity contribution in [2.45, 2.75) is 38.1 Å². The molecule has 116 valence electrons. The molecular weight excluding hydrogens is 286 g/mol. The molecule has 2 fully saturated rings. The van der Waals surface area contributed by atoms with Gasteiger partial charge in [-0.1, -0.05) is 18.0 Å². The molecule has 4 heteroatoms. The first-order chi connectivity index (χ1) is 10.1. The number of halogens is 1. The second-order valence-electron chi connectivity index (χ2n) is 6.51. The highest BCUT2D eigenvalue weighted by atomic mass is 35.5. The first-order valence-electron chi connectivity index (χ1n) is 7.79. The van der Waals surface area contributed by atoms with Crippen LogP contribution in [0.1, 0.15) is 43.7 Å². The normalized spacial score (nSPS) is 28.7. The number of nitrogens with two attached hydrogens (primary N) is 1. The fourth-order valence-electron chi connectivity index (χ4n) is 4.27. The van der Waals surface area contributed by atoms with Crippen LogP contribution in [0.4, 0.5) is 0 Å². The van der Waals surface area contributed by atoms with Crippen molar-refractivity contribution in [2.24, 2.45) is 23.5 Å². The predicted molar refractivity (Wildman–Crippen MR) is 85.0 cm³/mol. The lowest BCUT2D eigenvalue weighted by Gasteiger charge is -2.25. The molecule has 1 aromatic rings. The number of methoxy groups -OCH3 is 2. The number of hydrogen-bond acceptors (Lipinski definition) is 3. The standard InChI is InChI=1S/C17H24ClNO2/c1-20-16-8-13(14(18)9-17(16)21-2)15(19)7-12-6-10-3-4-11(12)5-10/h8-12,15H,3-7,19H2,1-2H3. The first-order valence-corrected chi connectivity index (χ1v) is 8.17. The number of rotatable bonds is 5. The van der Waals surface area contributed by atoms with Gasteiger partial charge in [0.1, 0.15) is 0 Å². The fourth-order valence-corrected chi connectivity index (χ4v) is 4.57. The quantitative estimate of drug-likeness (QED) is 0.887. The van der Waals surface area contributed by atoms with Gasteiger partial charge >= 0.3 is 0 Å². The molecule has 0 radical (unpaired) electrons. The maximum absolute atomic E-state index is 6.44. The zero-order valence-corrected chi connectivity index (χ0v) is 13.5. The van der Waals surface area contributed by atoms with Crippen molar-refractivity contribution in [3.05, 3.63) is 22.7 Å². The van der Waals surface area contributed by atoms with Crippen LogP contribution in [-0.4, -0.2) is 14.2 Å². The van der Waals surface area contributed by atoms with Gasteiger partial charge in [0.25, 0.3) is 0 Å². The topological polar surface area (TPSA) is 44.5 Å². The highest BCUT2D eigenvalue weighted by molar-refractivity contribution is 6.31. The van der Waals surface area contributed by atoms with E-state index in [1.807, 2.05) is 6.07 Å². The van der Waals surface area contributed by atoms with Crippen molar-refractivity contribution in [1.82, 2.24) is 0 Å². The Morgan fingerprint density at radius 3 is 2.48 bits per heavy atom. The van der Waals surface area contributed by atoms with Gasteiger partial charge in [0.05, 0.1) is 14.2 Å². The molecular formula is C17H24ClNO2. The summed E-state index contributed by atoms with van der Waals surface area (Å²) >= 11 is 6.38. The monoisotopic (exact) mass is 309 g/mol. The van der Waals surface area contributed by atoms with Crippen LogP contribution in [0.25, 0.3) is 0 Å². The van der Waals surface area contributed by atoms with Gasteiger partial charge in [-0.2, -0.15) is 0 Å². The Morgan fingerprint density at radius 1 is 1.19 bits per heavy atom. The molecule has 0 spiro atoms. The molecule has 2 aliphatic rings. The highest BCUT2D eigenvalue weighted by Gasteiger charge is 2.40. The smallest absolute Gasteiger partial charge is 0.162 e. The van der Waals surface area contributed by atoms with Gasteiger partial charge < -0.3 is 15.2 Å². The molecule has 2 saturated carbocycles. The lowest BCUT2D eigenvalue weighted by atomic mass is 9.83. The van der Waals surface area contributed by atoms with E-state index < -0.39 is 0 Å². The minimum atomic E-state index is -0.0262. The van der Waals surface area contributed by atoms with Crippen LogP contribution in [-0.2, 0) is 0 Å². The Bertz CT molecular complexity index is 520. The number of fused-ring (bicyclic) bond motifs is 2. The van der Waals surface area contributed by atoms with E-state index in [4.69, 9.17) is 26.8 Å². The summed E-state index contributed by atoms with van der Waals surface area (Å²) in [5, 5.41) is 0.670. The van der Waals surface area contributed by atoms with E-state index in [-0.39, 0.29) is 6.04 Å². The number of ether oxygens (including phenoxy) is 2. The Morgan fingerprint density at radius 2 is 1.90 bits per heavy atom. The third-order valence-corrected chi connectivity index (χ3v) is 5.67. The minimum absolute atomic E-state index is 0.0262. The molecule has 2 N–H and O–H groups in total. The van der Waals surface area contributed by atoms with E-state index >= 15 is 0 Å². The summed E-state index contributed by atoms with van der Waals surface area (Å²) in [5.74, 6) is 3.95. The predicted octanol–water partition coefficient (Wildman–Crippen LogP) is 4.18. The van der Waals surface area contributed by atoms with Gasteiger partial charge in [-0.25, -0.2) is 0 Å². The molecule has 21 heavy (non-hydrogen) atoms. The Balaban J connectivity index is 1.76. The number of benzene rings is 1. The summed E-state index contributed by atoms with van der Waals surface area (Å²) in [4.78, 5) is 0. The summed E-state index contributed by atoms with van der Waals surface area (Å²) in [7, 11) is 3.25. The van der Waals surface area contributed by atoms with Gasteiger partial charge in [-0.3, -0.25) is 0 Å². The average molecular weight is 310 g/mol. The van der Waals surface area contributed by atoms with Crippen molar-refractivity contribution < 1.29 is 9.47 Å². The lowest BCUT2D eigenvalue weighted by Crippen LogP contribution is -2.20. The van der Waals surface area contributed by atoms with E-state index in [1.165, 1.54) is 25.7 Å². The Hall–Kier alpha value is -0.930. The van der Waals surface area contributed by atoms with E-state index in [0.717, 1.165) is 29.7 Å². The SMILES string of the molecule is COc1cc(Cl)c(C(N)CC2CC3CCC2C3)cc1OC. The number of hydrogen-bond donors (Lipinski definition) is 1. The van der Waals surface area contributed by atoms with E-state index in [2.05, 4.69) is 0 Å². The molecule has 2 aliphatic carbocycles. The third-order valence-electron chi connectivity index (χ3n) is 5.34. The molecule has 0 amide bonds. The molecule has 3 rings (SSSR count). The zero-order valence-electron chi connectivity index (χ0n) is 12.8. The Labute approximate surface area is 131 Å². The molecule has 3 nitrogen and oxygen atoms in total. The van der Waals surface area contributed by atoms with Crippen LogP contribution in [0.2, 0.25) is 5.02 Å². The van der Waals surface area contributed by atoms with Crippen LogP contribution < -0.4 is 15.2 Å². The maximum Gasteiger partial charge on any atom is 0.162 e. The van der Waals surface area contributed by atoms with Crippen molar-refractivity contribution in [2.75, 3.05) is 14.2 Å². The van der Waals surface area contributed by atoms with Gasteiger partial charge in [0.2, 0.25) is 0 Å². The largest absolute Gasteiger partial charge is 0.493 e. The van der Waals surface area contributed by atoms with Crippen LogP contribution >= 0.6 is 11.6 Å². The summed E-state index contributed by atoms with van der Waals surface area (Å²) < 4.78 is 10.6. The maximum atomic E-state index is 6.44. The van der Waals surface area contributed by atoms with Crippen molar-refractivity contribution in [3.63, 3.8) is 0 Å². The van der Waals surface area contributed by atoms with Gasteiger partial charge in [0.15, 0.2) is 11.5 Å². The second-order valence-corrected chi connectivity index (χ2v) is 6.91. The molecule has 0 aliphatic heterocycles. The second kappa shape index (κ2) is 6.05. The minimum Gasteiger partial charge on any atom is -0.493 e. The molecule has 0 saturated heterocycles. The first kappa shape index (κ1) is 15.0. The Kier molecular flexibility index (Phi) is 4.32. The molecule has 0 aromatic heterocycles. The van der Waals surface area contributed by atoms with Crippen LogP contribution in [0.15, 0.2) is 12.1 Å². The van der Waals surface area contributed by atoms with Crippen molar-refractivity contribution in [3.8, 4) is 11.5 Å². The van der Waals surface area contributed by atoms with Gasteiger partial charge in [-0.15, -0.1) is 0 Å². The molecule has 0 heterocycles. The molecule has 2 bridgehead atoms. The van der Waals surface area contributed by atoms with Crippen molar-refractivity contribution >= 4 is 11.6 Å². The van der Waals surface area contributed by atoms with Crippen molar-refractivity contribution in [1.29, 1.82) is 0 Å². The van der Waals surface area contributed by atoms with E-state index in [0.29, 0.717) is 16.5 Å². The molecule has 4 unspecified atom stereocenters. The van der Waals surface area contributed by atoms with Crippen LogP contribution in [0.3, 0.4) is 0 Å². The fraction of sp³-hybridized carbons (Fsp3) is 0.647. The van der Waals surface area contributed by atoms with Crippen LogP contribution in [0.5, 0.6) is 11.5 Å². The summed E-state index contributed by atoms with van der Waals surface area (Å²) in [6.07, 6.45) is 6.60.